The van der Waals surface area contributed by atoms with Gasteiger partial charge in [0.15, 0.2) is 11.6 Å². The fourth-order valence-electron chi connectivity index (χ4n) is 1.62. The molecule has 0 amide bonds. The van der Waals surface area contributed by atoms with Crippen LogP contribution in [0.3, 0.4) is 0 Å². The molecule has 4 heteroatoms. The highest BCUT2D eigenvalue weighted by atomic mass is 19.2. The predicted octanol–water partition coefficient (Wildman–Crippen LogP) is 1.91. The molecule has 1 rings (SSSR count). The normalized spacial score (nSPS) is 15.0. The molecule has 0 fully saturated rings. The molecule has 84 valence electrons. The molecule has 1 atom stereocenters. The van der Waals surface area contributed by atoms with Crippen LogP contribution < -0.4 is 5.73 Å². The molecule has 0 aliphatic rings. The highest BCUT2D eigenvalue weighted by Crippen LogP contribution is 2.28. The van der Waals surface area contributed by atoms with Gasteiger partial charge in [-0.05, 0) is 12.5 Å². The van der Waals surface area contributed by atoms with Gasteiger partial charge in [0.25, 0.3) is 0 Å². The summed E-state index contributed by atoms with van der Waals surface area (Å²) in [4.78, 5) is 0. The maximum Gasteiger partial charge on any atom is 0.164 e. The fraction of sp³-hybridized carbons (Fsp3) is 0.455. The average Bonchev–Trinajstić information content (AvgIpc) is 2.22. The van der Waals surface area contributed by atoms with Crippen molar-refractivity contribution in [3.63, 3.8) is 0 Å². The zero-order chi connectivity index (χ0) is 11.5. The van der Waals surface area contributed by atoms with E-state index in [0.29, 0.717) is 12.8 Å². The lowest BCUT2D eigenvalue weighted by molar-refractivity contribution is 0.0317. The van der Waals surface area contributed by atoms with E-state index in [4.69, 9.17) is 5.73 Å². The summed E-state index contributed by atoms with van der Waals surface area (Å²) in [6.45, 7) is 1.72. The molecule has 1 aromatic rings. The maximum atomic E-state index is 13.4. The highest BCUT2D eigenvalue weighted by Gasteiger charge is 2.30. The molecular formula is C11H15F2NO. The Morgan fingerprint density at radius 1 is 1.40 bits per heavy atom. The first-order chi connectivity index (χ1) is 7.05. The van der Waals surface area contributed by atoms with Gasteiger partial charge in [0, 0.05) is 12.1 Å². The van der Waals surface area contributed by atoms with Gasteiger partial charge in [0.05, 0.1) is 0 Å². The number of aliphatic hydroxyl groups is 1. The minimum Gasteiger partial charge on any atom is -0.384 e. The van der Waals surface area contributed by atoms with E-state index in [2.05, 4.69) is 0 Å². The predicted molar refractivity (Wildman–Crippen MR) is 54.2 cm³/mol. The summed E-state index contributed by atoms with van der Waals surface area (Å²) in [6, 6.07) is 3.74. The SMILES string of the molecule is CCCC(O)(CN)c1cccc(F)c1F. The summed E-state index contributed by atoms with van der Waals surface area (Å²) in [5.41, 5.74) is 3.87. The molecule has 0 radical (unpaired) electrons. The van der Waals surface area contributed by atoms with Gasteiger partial charge in [-0.25, -0.2) is 8.78 Å². The Morgan fingerprint density at radius 3 is 2.60 bits per heavy atom. The van der Waals surface area contributed by atoms with Crippen LogP contribution in [-0.2, 0) is 5.60 Å². The Morgan fingerprint density at radius 2 is 2.07 bits per heavy atom. The van der Waals surface area contributed by atoms with E-state index in [9.17, 15) is 13.9 Å². The smallest absolute Gasteiger partial charge is 0.164 e. The summed E-state index contributed by atoms with van der Waals surface area (Å²) >= 11 is 0. The molecule has 0 aliphatic heterocycles. The number of halogens is 2. The Labute approximate surface area is 87.7 Å². The molecule has 15 heavy (non-hydrogen) atoms. The van der Waals surface area contributed by atoms with E-state index in [1.54, 1.807) is 0 Å². The molecule has 0 aromatic heterocycles. The third kappa shape index (κ3) is 2.33. The van der Waals surface area contributed by atoms with Gasteiger partial charge >= 0.3 is 0 Å². The van der Waals surface area contributed by atoms with Crippen molar-refractivity contribution in [2.24, 2.45) is 5.73 Å². The van der Waals surface area contributed by atoms with Crippen molar-refractivity contribution in [2.75, 3.05) is 6.54 Å². The van der Waals surface area contributed by atoms with Gasteiger partial charge in [-0.2, -0.15) is 0 Å². The maximum absolute atomic E-state index is 13.4. The Kier molecular flexibility index (Phi) is 3.77. The van der Waals surface area contributed by atoms with Crippen LogP contribution >= 0.6 is 0 Å². The van der Waals surface area contributed by atoms with Crippen LogP contribution in [0, 0.1) is 11.6 Å². The minimum atomic E-state index is -1.47. The van der Waals surface area contributed by atoms with Gasteiger partial charge in [0.2, 0.25) is 0 Å². The summed E-state index contributed by atoms with van der Waals surface area (Å²) in [5.74, 6) is -1.98. The largest absolute Gasteiger partial charge is 0.384 e. The Bertz CT molecular complexity index is 343. The molecule has 2 nitrogen and oxygen atoms in total. The Balaban J connectivity index is 3.17. The fourth-order valence-corrected chi connectivity index (χ4v) is 1.62. The van der Waals surface area contributed by atoms with E-state index >= 15 is 0 Å². The van der Waals surface area contributed by atoms with E-state index in [0.717, 1.165) is 6.07 Å². The molecule has 0 saturated carbocycles. The summed E-state index contributed by atoms with van der Waals surface area (Å²) in [5, 5.41) is 10.1. The zero-order valence-corrected chi connectivity index (χ0v) is 8.63. The van der Waals surface area contributed by atoms with Gasteiger partial charge < -0.3 is 10.8 Å². The van der Waals surface area contributed by atoms with E-state index in [1.165, 1.54) is 12.1 Å². The lowest BCUT2D eigenvalue weighted by Crippen LogP contribution is -2.35. The Hall–Kier alpha value is -1.00. The first kappa shape index (κ1) is 12.1. The standard InChI is InChI=1S/C11H15F2NO/c1-2-6-11(15,7-14)8-4-3-5-9(12)10(8)13/h3-5,15H,2,6-7,14H2,1H3. The number of hydrogen-bond acceptors (Lipinski definition) is 2. The summed E-state index contributed by atoms with van der Waals surface area (Å²) in [6.07, 6.45) is 0.952. The quantitative estimate of drug-likeness (QED) is 0.806. The molecule has 0 saturated heterocycles. The number of rotatable bonds is 4. The van der Waals surface area contributed by atoms with Crippen molar-refractivity contribution in [2.45, 2.75) is 25.4 Å². The third-order valence-corrected chi connectivity index (χ3v) is 2.45. The van der Waals surface area contributed by atoms with E-state index < -0.39 is 17.2 Å². The first-order valence-electron chi connectivity index (χ1n) is 4.92. The van der Waals surface area contributed by atoms with Crippen molar-refractivity contribution in [1.29, 1.82) is 0 Å². The van der Waals surface area contributed by atoms with Gasteiger partial charge in [-0.1, -0.05) is 25.5 Å². The molecule has 0 heterocycles. The third-order valence-electron chi connectivity index (χ3n) is 2.45. The lowest BCUT2D eigenvalue weighted by Gasteiger charge is -2.27. The molecular weight excluding hydrogens is 200 g/mol. The van der Waals surface area contributed by atoms with Crippen molar-refractivity contribution in [1.82, 2.24) is 0 Å². The van der Waals surface area contributed by atoms with Crippen molar-refractivity contribution < 1.29 is 13.9 Å². The molecule has 0 bridgehead atoms. The van der Waals surface area contributed by atoms with Gasteiger partial charge in [-0.3, -0.25) is 0 Å². The van der Waals surface area contributed by atoms with Gasteiger partial charge in [0.1, 0.15) is 5.60 Å². The molecule has 3 N–H and O–H groups in total. The second-order valence-electron chi connectivity index (χ2n) is 3.59. The van der Waals surface area contributed by atoms with Crippen LogP contribution in [-0.4, -0.2) is 11.7 Å². The molecule has 1 unspecified atom stereocenters. The topological polar surface area (TPSA) is 46.2 Å². The van der Waals surface area contributed by atoms with Crippen LogP contribution in [0.4, 0.5) is 8.78 Å². The van der Waals surface area contributed by atoms with E-state index in [1.807, 2.05) is 6.92 Å². The minimum absolute atomic E-state index is 0.0631. The number of hydrogen-bond donors (Lipinski definition) is 2. The lowest BCUT2D eigenvalue weighted by atomic mass is 9.89. The number of nitrogens with two attached hydrogens (primary N) is 1. The molecule has 1 aromatic carbocycles. The summed E-state index contributed by atoms with van der Waals surface area (Å²) in [7, 11) is 0. The second kappa shape index (κ2) is 4.68. The summed E-state index contributed by atoms with van der Waals surface area (Å²) < 4.78 is 26.4. The highest BCUT2D eigenvalue weighted by molar-refractivity contribution is 5.25. The van der Waals surface area contributed by atoms with Crippen molar-refractivity contribution in [3.8, 4) is 0 Å². The average molecular weight is 215 g/mol. The van der Waals surface area contributed by atoms with E-state index in [-0.39, 0.29) is 12.1 Å². The van der Waals surface area contributed by atoms with Crippen LogP contribution in [0.25, 0.3) is 0 Å². The monoisotopic (exact) mass is 215 g/mol. The van der Waals surface area contributed by atoms with Crippen LogP contribution in [0.5, 0.6) is 0 Å². The second-order valence-corrected chi connectivity index (χ2v) is 3.59. The van der Waals surface area contributed by atoms with Gasteiger partial charge in [-0.15, -0.1) is 0 Å². The van der Waals surface area contributed by atoms with Crippen LogP contribution in [0.2, 0.25) is 0 Å². The van der Waals surface area contributed by atoms with Crippen molar-refractivity contribution >= 4 is 0 Å². The number of benzene rings is 1. The molecule has 0 spiro atoms. The zero-order valence-electron chi connectivity index (χ0n) is 8.63. The van der Waals surface area contributed by atoms with Crippen molar-refractivity contribution in [3.05, 3.63) is 35.4 Å². The molecule has 0 aliphatic carbocycles. The van der Waals surface area contributed by atoms with Crippen LogP contribution in [0.1, 0.15) is 25.3 Å². The first-order valence-corrected chi connectivity index (χ1v) is 4.92. The van der Waals surface area contributed by atoms with Crippen LogP contribution in [0.15, 0.2) is 18.2 Å².